The minimum atomic E-state index is -0.0744. The molecule has 2 aromatic carbocycles. The van der Waals surface area contributed by atoms with E-state index in [1.54, 1.807) is 38.5 Å². The van der Waals surface area contributed by atoms with Crippen molar-refractivity contribution in [3.63, 3.8) is 0 Å². The Kier molecular flexibility index (Phi) is 7.18. The molecule has 30 heavy (non-hydrogen) atoms. The summed E-state index contributed by atoms with van der Waals surface area (Å²) in [7, 11) is 5.04. The molecule has 9 heteroatoms. The summed E-state index contributed by atoms with van der Waals surface area (Å²) in [6.07, 6.45) is 0.686. The van der Waals surface area contributed by atoms with Crippen molar-refractivity contribution < 1.29 is 19.4 Å². The average Bonchev–Trinajstić information content (AvgIpc) is 3.13. The summed E-state index contributed by atoms with van der Waals surface area (Å²) in [5, 5.41) is 21.3. The third kappa shape index (κ3) is 5.24. The molecule has 3 rings (SSSR count). The molecule has 3 aromatic rings. The number of methoxy groups -OCH3 is 2. The first-order valence-corrected chi connectivity index (χ1v) is 10.3. The molecule has 0 spiro atoms. The number of nitrogens with one attached hydrogen (secondary N) is 1. The second-order valence-corrected chi connectivity index (χ2v) is 7.43. The number of carbonyl (C=O) groups excluding carboxylic acids is 1. The zero-order valence-corrected chi connectivity index (χ0v) is 17.9. The Balaban J connectivity index is 1.49. The zero-order valence-electron chi connectivity index (χ0n) is 17.1. The van der Waals surface area contributed by atoms with Gasteiger partial charge in [-0.3, -0.25) is 4.79 Å². The summed E-state index contributed by atoms with van der Waals surface area (Å²) in [5.41, 5.74) is 1.89. The molecule has 0 aliphatic rings. The molecule has 158 valence electrons. The van der Waals surface area contributed by atoms with E-state index in [9.17, 15) is 9.90 Å². The van der Waals surface area contributed by atoms with E-state index in [1.807, 2.05) is 29.8 Å². The molecule has 2 N–H and O–H groups in total. The normalized spacial score (nSPS) is 10.6. The van der Waals surface area contributed by atoms with Crippen LogP contribution in [-0.4, -0.2) is 52.3 Å². The molecule has 0 atom stereocenters. The number of rotatable bonds is 9. The third-order valence-corrected chi connectivity index (χ3v) is 5.50. The number of phenolic OH excluding ortho intramolecular Hbond substituents is 1. The van der Waals surface area contributed by atoms with Crippen LogP contribution in [0.3, 0.4) is 0 Å². The number of thioether (sulfide) groups is 1. The zero-order chi connectivity index (χ0) is 21.5. The van der Waals surface area contributed by atoms with Gasteiger partial charge in [-0.1, -0.05) is 17.8 Å². The van der Waals surface area contributed by atoms with Crippen molar-refractivity contribution in [3.05, 3.63) is 48.0 Å². The lowest BCUT2D eigenvalue weighted by molar-refractivity contribution is -0.118. The molecule has 0 saturated carbocycles. The first-order chi connectivity index (χ1) is 14.5. The van der Waals surface area contributed by atoms with Crippen LogP contribution in [0.25, 0.3) is 11.4 Å². The van der Waals surface area contributed by atoms with Crippen LogP contribution < -0.4 is 14.8 Å². The van der Waals surface area contributed by atoms with Crippen molar-refractivity contribution in [3.8, 4) is 28.6 Å². The van der Waals surface area contributed by atoms with Gasteiger partial charge in [-0.05, 0) is 48.4 Å². The Morgan fingerprint density at radius 3 is 2.53 bits per heavy atom. The van der Waals surface area contributed by atoms with Crippen LogP contribution in [-0.2, 0) is 18.3 Å². The SMILES string of the molecule is COc1ccc(CCNC(=O)CSc2nnc(-c3ccc(O)cc3)n2C)cc1OC. The van der Waals surface area contributed by atoms with Crippen LogP contribution in [0.5, 0.6) is 17.2 Å². The first kappa shape index (κ1) is 21.5. The third-order valence-electron chi connectivity index (χ3n) is 4.48. The number of ether oxygens (including phenoxy) is 2. The van der Waals surface area contributed by atoms with Crippen molar-refractivity contribution in [2.75, 3.05) is 26.5 Å². The second-order valence-electron chi connectivity index (χ2n) is 6.49. The standard InChI is InChI=1S/C21H24N4O4S/c1-25-20(15-5-7-16(26)8-6-15)23-24-21(25)30-13-19(27)22-11-10-14-4-9-17(28-2)18(12-14)29-3/h4-9,12,26H,10-11,13H2,1-3H3,(H,22,27). The van der Waals surface area contributed by atoms with Gasteiger partial charge in [0.05, 0.1) is 20.0 Å². The molecule has 0 bridgehead atoms. The van der Waals surface area contributed by atoms with Gasteiger partial charge in [0.1, 0.15) is 5.75 Å². The van der Waals surface area contributed by atoms with E-state index < -0.39 is 0 Å². The van der Waals surface area contributed by atoms with Crippen molar-refractivity contribution in [1.82, 2.24) is 20.1 Å². The van der Waals surface area contributed by atoms with Crippen molar-refractivity contribution in [2.24, 2.45) is 7.05 Å². The maximum absolute atomic E-state index is 12.2. The topological polar surface area (TPSA) is 98.5 Å². The van der Waals surface area contributed by atoms with E-state index >= 15 is 0 Å². The Bertz CT molecular complexity index is 1000. The van der Waals surface area contributed by atoms with Crippen LogP contribution in [0.15, 0.2) is 47.6 Å². The van der Waals surface area contributed by atoms with Crippen LogP contribution >= 0.6 is 11.8 Å². The Hall–Kier alpha value is -3.20. The highest BCUT2D eigenvalue weighted by Gasteiger charge is 2.13. The summed E-state index contributed by atoms with van der Waals surface area (Å²) in [4.78, 5) is 12.2. The largest absolute Gasteiger partial charge is 0.508 e. The van der Waals surface area contributed by atoms with Gasteiger partial charge >= 0.3 is 0 Å². The van der Waals surface area contributed by atoms with Crippen molar-refractivity contribution in [2.45, 2.75) is 11.6 Å². The van der Waals surface area contributed by atoms with Crippen molar-refractivity contribution in [1.29, 1.82) is 0 Å². The second kappa shape index (κ2) is 10.0. The van der Waals surface area contributed by atoms with Crippen molar-refractivity contribution >= 4 is 17.7 Å². The monoisotopic (exact) mass is 428 g/mol. The van der Waals surface area contributed by atoms with E-state index in [-0.39, 0.29) is 17.4 Å². The fourth-order valence-electron chi connectivity index (χ4n) is 2.87. The number of hydrogen-bond donors (Lipinski definition) is 2. The summed E-state index contributed by atoms with van der Waals surface area (Å²) in [6, 6.07) is 12.5. The van der Waals surface area contributed by atoms with E-state index in [2.05, 4.69) is 15.5 Å². The van der Waals surface area contributed by atoms with Gasteiger partial charge in [0, 0.05) is 19.2 Å². The molecule has 8 nitrogen and oxygen atoms in total. The van der Waals surface area contributed by atoms with E-state index in [1.165, 1.54) is 11.8 Å². The number of carbonyl (C=O) groups is 1. The van der Waals surface area contributed by atoms with Crippen LogP contribution in [0.1, 0.15) is 5.56 Å². The Labute approximate surface area is 179 Å². The molecule has 1 heterocycles. The molecule has 0 unspecified atom stereocenters. The molecular weight excluding hydrogens is 404 g/mol. The number of amides is 1. The number of hydrogen-bond acceptors (Lipinski definition) is 7. The highest BCUT2D eigenvalue weighted by Crippen LogP contribution is 2.27. The summed E-state index contributed by atoms with van der Waals surface area (Å²) < 4.78 is 12.4. The summed E-state index contributed by atoms with van der Waals surface area (Å²) >= 11 is 1.32. The highest BCUT2D eigenvalue weighted by molar-refractivity contribution is 7.99. The predicted octanol–water partition coefficient (Wildman–Crippen LogP) is 2.66. The number of aromatic nitrogens is 3. The molecule has 0 fully saturated rings. The number of nitrogens with zero attached hydrogens (tertiary/aromatic N) is 3. The Morgan fingerprint density at radius 1 is 1.10 bits per heavy atom. The van der Waals surface area contributed by atoms with Gasteiger partial charge in [-0.15, -0.1) is 10.2 Å². The van der Waals surface area contributed by atoms with Gasteiger partial charge in [0.25, 0.3) is 0 Å². The fourth-order valence-corrected chi connectivity index (χ4v) is 3.61. The minimum Gasteiger partial charge on any atom is -0.508 e. The maximum atomic E-state index is 12.2. The Morgan fingerprint density at radius 2 is 1.83 bits per heavy atom. The smallest absolute Gasteiger partial charge is 0.230 e. The predicted molar refractivity (Wildman–Crippen MR) is 115 cm³/mol. The molecule has 0 saturated heterocycles. The van der Waals surface area contributed by atoms with Gasteiger partial charge in [0.2, 0.25) is 5.91 Å². The van der Waals surface area contributed by atoms with Crippen LogP contribution in [0.2, 0.25) is 0 Å². The molecule has 0 radical (unpaired) electrons. The summed E-state index contributed by atoms with van der Waals surface area (Å²) in [6.45, 7) is 0.520. The number of benzene rings is 2. The molecule has 0 aliphatic carbocycles. The molecule has 0 aliphatic heterocycles. The number of phenols is 1. The highest BCUT2D eigenvalue weighted by atomic mass is 32.2. The number of aromatic hydroxyl groups is 1. The quantitative estimate of drug-likeness (QED) is 0.506. The fraction of sp³-hybridized carbons (Fsp3) is 0.286. The van der Waals surface area contributed by atoms with E-state index in [0.29, 0.717) is 35.4 Å². The van der Waals surface area contributed by atoms with E-state index in [4.69, 9.17) is 9.47 Å². The minimum absolute atomic E-state index is 0.0744. The lowest BCUT2D eigenvalue weighted by Gasteiger charge is -2.10. The lowest BCUT2D eigenvalue weighted by Crippen LogP contribution is -2.27. The first-order valence-electron chi connectivity index (χ1n) is 9.31. The van der Waals surface area contributed by atoms with Gasteiger partial charge in [-0.25, -0.2) is 0 Å². The summed E-state index contributed by atoms with van der Waals surface area (Å²) in [5.74, 6) is 2.38. The molecular formula is C21H24N4O4S. The molecule has 1 aromatic heterocycles. The van der Waals surface area contributed by atoms with Gasteiger partial charge in [-0.2, -0.15) is 0 Å². The van der Waals surface area contributed by atoms with Crippen LogP contribution in [0.4, 0.5) is 0 Å². The van der Waals surface area contributed by atoms with Gasteiger partial charge < -0.3 is 24.5 Å². The molecule has 1 amide bonds. The lowest BCUT2D eigenvalue weighted by atomic mass is 10.1. The maximum Gasteiger partial charge on any atom is 0.230 e. The van der Waals surface area contributed by atoms with Crippen LogP contribution in [0, 0.1) is 0 Å². The van der Waals surface area contributed by atoms with Gasteiger partial charge in [0.15, 0.2) is 22.5 Å². The van der Waals surface area contributed by atoms with E-state index in [0.717, 1.165) is 11.1 Å². The average molecular weight is 429 g/mol.